The van der Waals surface area contributed by atoms with Gasteiger partial charge in [0.1, 0.15) is 5.58 Å². The smallest absolute Gasteiger partial charge is 0.339 e. The van der Waals surface area contributed by atoms with Crippen LogP contribution in [-0.2, 0) is 14.9 Å². The fourth-order valence-corrected chi connectivity index (χ4v) is 4.11. The Bertz CT molecular complexity index is 1580. The first-order valence-electron chi connectivity index (χ1n) is 12.0. The number of amides is 1. The molecule has 3 aromatic carbocycles. The molecule has 0 spiro atoms. The number of hydrogen-bond acceptors (Lipinski definition) is 6. The van der Waals surface area contributed by atoms with E-state index in [1.165, 1.54) is 19.2 Å². The third-order valence-electron chi connectivity index (χ3n) is 6.10. The number of hydrogen-bond donors (Lipinski definition) is 1. The summed E-state index contributed by atoms with van der Waals surface area (Å²) in [6.45, 7) is 7.64. The molecule has 8 heteroatoms. The van der Waals surface area contributed by atoms with Gasteiger partial charge in [-0.1, -0.05) is 68.8 Å². The molecule has 1 amide bonds. The van der Waals surface area contributed by atoms with Crippen molar-refractivity contribution >= 4 is 40.1 Å². The lowest BCUT2D eigenvalue weighted by atomic mass is 9.86. The molecule has 1 heterocycles. The molecule has 38 heavy (non-hydrogen) atoms. The fraction of sp³-hybridized carbons (Fsp3) is 0.233. The van der Waals surface area contributed by atoms with Crippen molar-refractivity contribution in [1.29, 1.82) is 0 Å². The van der Waals surface area contributed by atoms with Gasteiger partial charge in [-0.25, -0.2) is 4.79 Å². The van der Waals surface area contributed by atoms with Gasteiger partial charge in [0, 0.05) is 10.6 Å². The van der Waals surface area contributed by atoms with E-state index < -0.39 is 23.9 Å². The van der Waals surface area contributed by atoms with Gasteiger partial charge in [0.2, 0.25) is 11.2 Å². The minimum Gasteiger partial charge on any atom is -0.476 e. The number of carbonyl (C=O) groups is 2. The monoisotopic (exact) mass is 533 g/mol. The van der Waals surface area contributed by atoms with Crippen molar-refractivity contribution in [3.63, 3.8) is 0 Å². The van der Waals surface area contributed by atoms with E-state index in [0.29, 0.717) is 16.2 Å². The number of nitrogens with one attached hydrogen (secondary N) is 1. The molecule has 0 fully saturated rings. The van der Waals surface area contributed by atoms with Crippen LogP contribution in [0, 0.1) is 6.92 Å². The summed E-state index contributed by atoms with van der Waals surface area (Å²) in [6.07, 6.45) is 0. The number of aryl methyl sites for hydroxylation is 1. The van der Waals surface area contributed by atoms with E-state index in [1.54, 1.807) is 24.3 Å². The molecule has 4 aromatic rings. The molecule has 1 aromatic heterocycles. The molecule has 0 atom stereocenters. The number of fused-ring (bicyclic) bond motifs is 1. The van der Waals surface area contributed by atoms with Gasteiger partial charge in [-0.2, -0.15) is 0 Å². The van der Waals surface area contributed by atoms with Crippen LogP contribution in [-0.4, -0.2) is 25.6 Å². The average Bonchev–Trinajstić information content (AvgIpc) is 2.88. The Balaban J connectivity index is 1.72. The lowest BCUT2D eigenvalue weighted by molar-refractivity contribution is -0.118. The molecule has 0 radical (unpaired) electrons. The highest BCUT2D eigenvalue weighted by atomic mass is 35.5. The Hall–Kier alpha value is -4.10. The average molecular weight is 534 g/mol. The van der Waals surface area contributed by atoms with E-state index in [0.717, 1.165) is 11.1 Å². The summed E-state index contributed by atoms with van der Waals surface area (Å²) in [7, 11) is 1.26. The minimum atomic E-state index is -0.592. The molecule has 0 saturated heterocycles. The molecule has 0 aliphatic carbocycles. The van der Waals surface area contributed by atoms with Crippen molar-refractivity contribution < 1.29 is 23.5 Å². The van der Waals surface area contributed by atoms with Crippen molar-refractivity contribution in [2.45, 2.75) is 33.1 Å². The number of halogens is 1. The highest BCUT2D eigenvalue weighted by Crippen LogP contribution is 2.34. The summed E-state index contributed by atoms with van der Waals surface area (Å²) >= 11 is 6.28. The topological polar surface area (TPSA) is 94.8 Å². The van der Waals surface area contributed by atoms with E-state index in [9.17, 15) is 14.4 Å². The van der Waals surface area contributed by atoms with Crippen LogP contribution in [0.4, 0.5) is 5.69 Å². The lowest BCUT2D eigenvalue weighted by Gasteiger charge is -2.19. The number of para-hydroxylation sites is 1. The largest absolute Gasteiger partial charge is 0.476 e. The molecule has 0 aliphatic rings. The Labute approximate surface area is 225 Å². The van der Waals surface area contributed by atoms with Crippen LogP contribution in [0.5, 0.6) is 5.75 Å². The van der Waals surface area contributed by atoms with Crippen LogP contribution in [0.1, 0.15) is 42.3 Å². The summed E-state index contributed by atoms with van der Waals surface area (Å²) in [6, 6.07) is 17.3. The molecule has 7 nitrogen and oxygen atoms in total. The van der Waals surface area contributed by atoms with Gasteiger partial charge in [-0.05, 0) is 47.7 Å². The minimum absolute atomic E-state index is 0.0610. The van der Waals surface area contributed by atoms with Crippen molar-refractivity contribution in [2.75, 3.05) is 19.0 Å². The van der Waals surface area contributed by atoms with E-state index in [4.69, 9.17) is 25.5 Å². The van der Waals surface area contributed by atoms with Crippen molar-refractivity contribution in [3.8, 4) is 17.1 Å². The summed E-state index contributed by atoms with van der Waals surface area (Å²) in [5.74, 6) is -1.08. The van der Waals surface area contributed by atoms with Gasteiger partial charge >= 0.3 is 5.97 Å². The first-order valence-corrected chi connectivity index (χ1v) is 12.3. The predicted molar refractivity (Wildman–Crippen MR) is 148 cm³/mol. The number of ether oxygens (including phenoxy) is 2. The van der Waals surface area contributed by atoms with E-state index in [-0.39, 0.29) is 33.6 Å². The predicted octanol–water partition coefficient (Wildman–Crippen LogP) is 6.52. The quantitative estimate of drug-likeness (QED) is 0.283. The van der Waals surface area contributed by atoms with Crippen LogP contribution in [0.25, 0.3) is 22.3 Å². The van der Waals surface area contributed by atoms with Gasteiger partial charge in [0.15, 0.2) is 12.4 Å². The first-order chi connectivity index (χ1) is 18.0. The second-order valence-electron chi connectivity index (χ2n) is 9.89. The third-order valence-corrected chi connectivity index (χ3v) is 6.50. The standard InChI is InChI=1S/C30H28ClNO6/c1-17-14-24-21(15-22(17)31)26(34)28(27(38-24)18-10-12-19(13-11-18)30(2,3)4)37-16-25(33)32-23-9-7-6-8-20(23)29(35)36-5/h6-15H,16H2,1-5H3,(H,32,33). The zero-order valence-electron chi connectivity index (χ0n) is 21.8. The highest BCUT2D eigenvalue weighted by Gasteiger charge is 2.22. The lowest BCUT2D eigenvalue weighted by Crippen LogP contribution is -2.23. The van der Waals surface area contributed by atoms with Crippen LogP contribution >= 0.6 is 11.6 Å². The molecular weight excluding hydrogens is 506 g/mol. The summed E-state index contributed by atoms with van der Waals surface area (Å²) in [4.78, 5) is 38.3. The Morgan fingerprint density at radius 3 is 2.37 bits per heavy atom. The number of methoxy groups -OCH3 is 1. The van der Waals surface area contributed by atoms with Crippen molar-refractivity contribution in [1.82, 2.24) is 0 Å². The normalized spacial score (nSPS) is 11.3. The van der Waals surface area contributed by atoms with Crippen LogP contribution < -0.4 is 15.5 Å². The maximum absolute atomic E-state index is 13.5. The maximum atomic E-state index is 13.5. The molecule has 0 saturated carbocycles. The van der Waals surface area contributed by atoms with Gasteiger partial charge in [0.25, 0.3) is 5.91 Å². The van der Waals surface area contributed by atoms with Crippen LogP contribution in [0.2, 0.25) is 5.02 Å². The molecule has 196 valence electrons. The van der Waals surface area contributed by atoms with Crippen LogP contribution in [0.3, 0.4) is 0 Å². The fourth-order valence-electron chi connectivity index (χ4n) is 3.95. The van der Waals surface area contributed by atoms with Crippen LogP contribution in [0.15, 0.2) is 69.9 Å². The van der Waals surface area contributed by atoms with Gasteiger partial charge in [-0.3, -0.25) is 9.59 Å². The van der Waals surface area contributed by atoms with E-state index >= 15 is 0 Å². The summed E-state index contributed by atoms with van der Waals surface area (Å²) in [5, 5.41) is 3.28. The third kappa shape index (κ3) is 5.58. The Morgan fingerprint density at radius 1 is 1.03 bits per heavy atom. The second kappa shape index (κ2) is 10.7. The second-order valence-corrected chi connectivity index (χ2v) is 10.3. The first kappa shape index (κ1) is 26.9. The number of carbonyl (C=O) groups excluding carboxylic acids is 2. The highest BCUT2D eigenvalue weighted by molar-refractivity contribution is 6.32. The SMILES string of the molecule is COC(=O)c1ccccc1NC(=O)COc1c(-c2ccc(C(C)(C)C)cc2)oc2cc(C)c(Cl)cc2c1=O. The van der Waals surface area contributed by atoms with Crippen molar-refractivity contribution in [3.05, 3.63) is 92.6 Å². The summed E-state index contributed by atoms with van der Waals surface area (Å²) < 4.78 is 16.7. The van der Waals surface area contributed by atoms with Gasteiger partial charge < -0.3 is 19.2 Å². The number of anilines is 1. The molecule has 0 bridgehead atoms. The molecule has 0 aliphatic heterocycles. The Morgan fingerprint density at radius 2 is 1.71 bits per heavy atom. The molecule has 0 unspecified atom stereocenters. The van der Waals surface area contributed by atoms with Gasteiger partial charge in [-0.15, -0.1) is 0 Å². The maximum Gasteiger partial charge on any atom is 0.339 e. The van der Waals surface area contributed by atoms with E-state index in [1.807, 2.05) is 31.2 Å². The van der Waals surface area contributed by atoms with Gasteiger partial charge in [0.05, 0.1) is 23.7 Å². The molecule has 1 N–H and O–H groups in total. The van der Waals surface area contributed by atoms with E-state index in [2.05, 4.69) is 26.1 Å². The number of benzene rings is 3. The van der Waals surface area contributed by atoms with Crippen molar-refractivity contribution in [2.24, 2.45) is 0 Å². The molecular formula is C30H28ClNO6. The number of rotatable bonds is 6. The number of esters is 1. The summed E-state index contributed by atoms with van der Waals surface area (Å²) in [5.41, 5.74) is 2.79. The Kier molecular flexibility index (Phi) is 7.60. The zero-order valence-corrected chi connectivity index (χ0v) is 22.6. The zero-order chi connectivity index (χ0) is 27.6. The molecule has 4 rings (SSSR count).